The van der Waals surface area contributed by atoms with E-state index in [0.717, 1.165) is 12.5 Å². The third kappa shape index (κ3) is 2.98. The Balaban J connectivity index is 2.29. The van der Waals surface area contributed by atoms with E-state index in [0.29, 0.717) is 12.1 Å². The van der Waals surface area contributed by atoms with Crippen molar-refractivity contribution in [3.8, 4) is 0 Å². The fourth-order valence-corrected chi connectivity index (χ4v) is 4.86. The Morgan fingerprint density at radius 1 is 1.56 bits per heavy atom. The summed E-state index contributed by atoms with van der Waals surface area (Å²) in [6, 6.07) is 3.37. The predicted molar refractivity (Wildman–Crippen MR) is 83.3 cm³/mol. The van der Waals surface area contributed by atoms with Gasteiger partial charge < -0.3 is 5.32 Å². The molecule has 102 valence electrons. The van der Waals surface area contributed by atoms with Gasteiger partial charge in [0.2, 0.25) is 0 Å². The van der Waals surface area contributed by atoms with Crippen LogP contribution in [-0.2, 0) is 0 Å². The van der Waals surface area contributed by atoms with Crippen molar-refractivity contribution >= 4 is 27.3 Å². The van der Waals surface area contributed by atoms with Crippen LogP contribution in [-0.4, -0.2) is 31.1 Å². The SMILES string of the molecule is CNCC1CCCN(C(C)C)C1c1sccc1Br. The zero-order valence-electron chi connectivity index (χ0n) is 11.4. The molecule has 4 heteroatoms. The van der Waals surface area contributed by atoms with Crippen LogP contribution in [0.25, 0.3) is 0 Å². The summed E-state index contributed by atoms with van der Waals surface area (Å²) < 4.78 is 1.28. The van der Waals surface area contributed by atoms with Crippen molar-refractivity contribution in [2.45, 2.75) is 38.8 Å². The summed E-state index contributed by atoms with van der Waals surface area (Å²) in [5.74, 6) is 0.723. The van der Waals surface area contributed by atoms with Crippen LogP contribution in [0.15, 0.2) is 15.9 Å². The number of halogens is 1. The third-order valence-corrected chi connectivity index (χ3v) is 5.78. The quantitative estimate of drug-likeness (QED) is 0.900. The number of piperidine rings is 1. The smallest absolute Gasteiger partial charge is 0.0495 e. The summed E-state index contributed by atoms with van der Waals surface area (Å²) in [4.78, 5) is 4.17. The molecular weight excluding hydrogens is 308 g/mol. The minimum Gasteiger partial charge on any atom is -0.319 e. The average molecular weight is 331 g/mol. The summed E-state index contributed by atoms with van der Waals surface area (Å²) >= 11 is 5.61. The van der Waals surface area contributed by atoms with Gasteiger partial charge in [0.05, 0.1) is 0 Å². The Morgan fingerprint density at radius 2 is 2.33 bits per heavy atom. The number of nitrogens with one attached hydrogen (secondary N) is 1. The van der Waals surface area contributed by atoms with E-state index in [-0.39, 0.29) is 0 Å². The van der Waals surface area contributed by atoms with E-state index in [1.807, 2.05) is 11.3 Å². The first kappa shape index (κ1) is 14.5. The van der Waals surface area contributed by atoms with Crippen LogP contribution in [0.3, 0.4) is 0 Å². The predicted octanol–water partition coefficient (Wildman–Crippen LogP) is 3.89. The van der Waals surface area contributed by atoms with Gasteiger partial charge in [-0.05, 0) is 80.1 Å². The van der Waals surface area contributed by atoms with Gasteiger partial charge in [-0.3, -0.25) is 4.90 Å². The monoisotopic (exact) mass is 330 g/mol. The molecule has 1 aromatic rings. The second-order valence-corrected chi connectivity index (χ2v) is 7.17. The summed E-state index contributed by atoms with van der Waals surface area (Å²) in [6.07, 6.45) is 2.66. The van der Waals surface area contributed by atoms with Crippen LogP contribution in [0.5, 0.6) is 0 Å². The number of likely N-dealkylation sites (tertiary alicyclic amines) is 1. The van der Waals surface area contributed by atoms with Gasteiger partial charge >= 0.3 is 0 Å². The van der Waals surface area contributed by atoms with Crippen molar-refractivity contribution < 1.29 is 0 Å². The second kappa shape index (κ2) is 6.51. The molecular formula is C14H23BrN2S. The van der Waals surface area contributed by atoms with Gasteiger partial charge in [0.1, 0.15) is 0 Å². The number of hydrogen-bond acceptors (Lipinski definition) is 3. The first-order chi connectivity index (χ1) is 8.65. The lowest BCUT2D eigenvalue weighted by Gasteiger charge is -2.43. The van der Waals surface area contributed by atoms with E-state index in [1.165, 1.54) is 28.7 Å². The van der Waals surface area contributed by atoms with E-state index in [9.17, 15) is 0 Å². The number of rotatable bonds is 4. The molecule has 1 saturated heterocycles. The fourth-order valence-electron chi connectivity index (χ4n) is 3.04. The van der Waals surface area contributed by atoms with Crippen molar-refractivity contribution in [1.82, 2.24) is 10.2 Å². The summed E-state index contributed by atoms with van der Waals surface area (Å²) in [7, 11) is 2.06. The minimum absolute atomic E-state index is 0.570. The van der Waals surface area contributed by atoms with E-state index in [4.69, 9.17) is 0 Å². The molecule has 0 saturated carbocycles. The highest BCUT2D eigenvalue weighted by Crippen LogP contribution is 2.42. The number of hydrogen-bond donors (Lipinski definition) is 1. The number of thiophene rings is 1. The van der Waals surface area contributed by atoms with Crippen molar-refractivity contribution in [3.05, 3.63) is 20.8 Å². The van der Waals surface area contributed by atoms with Crippen molar-refractivity contribution in [1.29, 1.82) is 0 Å². The zero-order valence-corrected chi connectivity index (χ0v) is 13.9. The lowest BCUT2D eigenvalue weighted by atomic mass is 9.87. The van der Waals surface area contributed by atoms with Gasteiger partial charge in [-0.1, -0.05) is 0 Å². The molecule has 1 aromatic heterocycles. The highest BCUT2D eigenvalue weighted by Gasteiger charge is 2.35. The van der Waals surface area contributed by atoms with Crippen LogP contribution in [0.2, 0.25) is 0 Å². The Hall–Kier alpha value is 0.100. The molecule has 0 spiro atoms. The third-order valence-electron chi connectivity index (χ3n) is 3.84. The minimum atomic E-state index is 0.570. The Bertz CT molecular complexity index is 376. The summed E-state index contributed by atoms with van der Waals surface area (Å²) in [5, 5.41) is 5.57. The lowest BCUT2D eigenvalue weighted by molar-refractivity contribution is 0.0654. The van der Waals surface area contributed by atoms with E-state index >= 15 is 0 Å². The molecule has 2 heterocycles. The van der Waals surface area contributed by atoms with E-state index in [1.54, 1.807) is 0 Å². The molecule has 1 N–H and O–H groups in total. The second-order valence-electron chi connectivity index (χ2n) is 5.37. The van der Waals surface area contributed by atoms with Crippen LogP contribution in [0.4, 0.5) is 0 Å². The van der Waals surface area contributed by atoms with Gasteiger partial charge in [0.25, 0.3) is 0 Å². The maximum absolute atomic E-state index is 3.72. The molecule has 2 rings (SSSR count). The Kier molecular flexibility index (Phi) is 5.24. The van der Waals surface area contributed by atoms with Crippen molar-refractivity contribution in [2.75, 3.05) is 20.1 Å². The molecule has 0 bridgehead atoms. The highest BCUT2D eigenvalue weighted by molar-refractivity contribution is 9.10. The normalized spacial score (nSPS) is 25.8. The highest BCUT2D eigenvalue weighted by atomic mass is 79.9. The van der Waals surface area contributed by atoms with Gasteiger partial charge in [0.15, 0.2) is 0 Å². The largest absolute Gasteiger partial charge is 0.319 e. The molecule has 0 aromatic carbocycles. The van der Waals surface area contributed by atoms with Gasteiger partial charge in [-0.2, -0.15) is 0 Å². The maximum atomic E-state index is 3.72. The molecule has 0 amide bonds. The van der Waals surface area contributed by atoms with Crippen molar-refractivity contribution in [3.63, 3.8) is 0 Å². The van der Waals surface area contributed by atoms with E-state index in [2.05, 4.69) is 58.5 Å². The van der Waals surface area contributed by atoms with Crippen LogP contribution < -0.4 is 5.32 Å². The molecule has 1 fully saturated rings. The first-order valence-corrected chi connectivity index (χ1v) is 8.45. The molecule has 1 aliphatic rings. The zero-order chi connectivity index (χ0) is 13.1. The van der Waals surface area contributed by atoms with Crippen LogP contribution >= 0.6 is 27.3 Å². The fraction of sp³-hybridized carbons (Fsp3) is 0.714. The molecule has 18 heavy (non-hydrogen) atoms. The van der Waals surface area contributed by atoms with Crippen LogP contribution in [0.1, 0.15) is 37.6 Å². The summed E-state index contributed by atoms with van der Waals surface area (Å²) in [5.41, 5.74) is 0. The molecule has 2 nitrogen and oxygen atoms in total. The summed E-state index contributed by atoms with van der Waals surface area (Å²) in [6.45, 7) is 6.97. The lowest BCUT2D eigenvalue weighted by Crippen LogP contribution is -2.45. The maximum Gasteiger partial charge on any atom is 0.0495 e. The average Bonchev–Trinajstić information content (AvgIpc) is 2.75. The molecule has 0 aliphatic carbocycles. The number of nitrogens with zero attached hydrogens (tertiary/aromatic N) is 1. The topological polar surface area (TPSA) is 15.3 Å². The molecule has 1 aliphatic heterocycles. The first-order valence-electron chi connectivity index (χ1n) is 6.78. The standard InChI is InChI=1S/C14H23BrN2S/c1-10(2)17-7-4-5-11(9-16-3)13(17)14-12(15)6-8-18-14/h6,8,10-11,13,16H,4-5,7,9H2,1-3H3. The molecule has 2 unspecified atom stereocenters. The Morgan fingerprint density at radius 3 is 2.89 bits per heavy atom. The van der Waals surface area contributed by atoms with Gasteiger partial charge in [-0.25, -0.2) is 0 Å². The van der Waals surface area contributed by atoms with E-state index < -0.39 is 0 Å². The van der Waals surface area contributed by atoms with Crippen molar-refractivity contribution in [2.24, 2.45) is 5.92 Å². The molecule has 2 atom stereocenters. The van der Waals surface area contributed by atoms with Gasteiger partial charge in [0, 0.05) is 21.4 Å². The Labute approximate surface area is 123 Å². The van der Waals surface area contributed by atoms with Gasteiger partial charge in [-0.15, -0.1) is 11.3 Å². The molecule has 0 radical (unpaired) electrons. The van der Waals surface area contributed by atoms with Crippen LogP contribution in [0, 0.1) is 5.92 Å².